The van der Waals surface area contributed by atoms with Crippen molar-refractivity contribution in [3.05, 3.63) is 11.8 Å². The monoisotopic (exact) mass is 275 g/mol. The summed E-state index contributed by atoms with van der Waals surface area (Å²) in [5.41, 5.74) is 6.55. The molecule has 1 aromatic heterocycles. The van der Waals surface area contributed by atoms with Crippen LogP contribution in [0.1, 0.15) is 50.8 Å². The number of aromatic nitrogens is 2. The van der Waals surface area contributed by atoms with Crippen molar-refractivity contribution in [2.45, 2.75) is 57.9 Å². The molecule has 0 amide bonds. The summed E-state index contributed by atoms with van der Waals surface area (Å²) in [5, 5.41) is 8.19. The van der Waals surface area contributed by atoms with Gasteiger partial charge in [0, 0.05) is 18.9 Å². The van der Waals surface area contributed by atoms with Crippen LogP contribution in [0, 0.1) is 29.6 Å². The lowest BCUT2D eigenvalue weighted by Crippen LogP contribution is -2.52. The van der Waals surface area contributed by atoms with Gasteiger partial charge in [-0.25, -0.2) is 0 Å². The zero-order valence-electron chi connectivity index (χ0n) is 12.3. The summed E-state index contributed by atoms with van der Waals surface area (Å²) in [7, 11) is 0. The van der Waals surface area contributed by atoms with Crippen molar-refractivity contribution in [2.24, 2.45) is 35.3 Å². The van der Waals surface area contributed by atoms with Crippen LogP contribution in [-0.4, -0.2) is 16.2 Å². The number of hydrogen-bond acceptors (Lipinski definition) is 4. The van der Waals surface area contributed by atoms with E-state index in [1.54, 1.807) is 0 Å². The highest BCUT2D eigenvalue weighted by Gasteiger charge is 2.49. The van der Waals surface area contributed by atoms with E-state index in [-0.39, 0.29) is 6.04 Å². The highest BCUT2D eigenvalue weighted by Crippen LogP contribution is 2.57. The average Bonchev–Trinajstić information content (AvgIpc) is 2.85. The predicted molar refractivity (Wildman–Crippen MR) is 75.9 cm³/mol. The van der Waals surface area contributed by atoms with E-state index in [2.05, 4.69) is 10.2 Å². The molecule has 0 aliphatic heterocycles. The van der Waals surface area contributed by atoms with E-state index in [0.29, 0.717) is 5.92 Å². The van der Waals surface area contributed by atoms with E-state index >= 15 is 0 Å². The third-order valence-electron chi connectivity index (χ3n) is 6.02. The fraction of sp³-hybridized carbons (Fsp3) is 0.875. The summed E-state index contributed by atoms with van der Waals surface area (Å²) >= 11 is 0. The summed E-state index contributed by atoms with van der Waals surface area (Å²) in [4.78, 5) is 0. The summed E-state index contributed by atoms with van der Waals surface area (Å²) in [6.07, 6.45) is 8.77. The second-order valence-corrected chi connectivity index (χ2v) is 7.32. The lowest BCUT2D eigenvalue weighted by atomic mass is 9.50. The van der Waals surface area contributed by atoms with Crippen LogP contribution in [0.25, 0.3) is 0 Å². The van der Waals surface area contributed by atoms with Crippen LogP contribution in [0.15, 0.2) is 4.42 Å². The molecule has 0 spiro atoms. The van der Waals surface area contributed by atoms with E-state index in [4.69, 9.17) is 10.2 Å². The molecule has 1 atom stereocenters. The number of hydrogen-bond donors (Lipinski definition) is 1. The second-order valence-electron chi connectivity index (χ2n) is 7.32. The van der Waals surface area contributed by atoms with E-state index in [9.17, 15) is 0 Å². The van der Waals surface area contributed by atoms with Gasteiger partial charge in [0.1, 0.15) is 0 Å². The number of aryl methyl sites for hydroxylation is 1. The Balaban J connectivity index is 1.47. The molecule has 1 heterocycles. The first-order valence-corrected chi connectivity index (χ1v) is 8.29. The molecule has 20 heavy (non-hydrogen) atoms. The van der Waals surface area contributed by atoms with Crippen LogP contribution in [0.4, 0.5) is 0 Å². The minimum absolute atomic E-state index is 0.204. The van der Waals surface area contributed by atoms with Gasteiger partial charge < -0.3 is 10.2 Å². The van der Waals surface area contributed by atoms with Crippen molar-refractivity contribution < 1.29 is 4.42 Å². The Morgan fingerprint density at radius 1 is 1.05 bits per heavy atom. The lowest BCUT2D eigenvalue weighted by Gasteiger charge is -2.56. The molecule has 0 radical (unpaired) electrons. The quantitative estimate of drug-likeness (QED) is 0.917. The molecule has 4 nitrogen and oxygen atoms in total. The van der Waals surface area contributed by atoms with Crippen LogP contribution >= 0.6 is 0 Å². The van der Waals surface area contributed by atoms with Gasteiger partial charge in [0.15, 0.2) is 0 Å². The maximum Gasteiger partial charge on any atom is 0.218 e. The normalized spacial score (nSPS) is 40.2. The van der Waals surface area contributed by atoms with E-state index in [1.165, 1.54) is 32.1 Å². The Morgan fingerprint density at radius 2 is 1.65 bits per heavy atom. The molecular weight excluding hydrogens is 250 g/mol. The molecule has 4 aliphatic rings. The Bertz CT molecular complexity index is 456. The minimum Gasteiger partial charge on any atom is -0.425 e. The van der Waals surface area contributed by atoms with Gasteiger partial charge in [0.2, 0.25) is 11.8 Å². The van der Waals surface area contributed by atoms with Crippen LogP contribution in [0.5, 0.6) is 0 Å². The third-order valence-corrected chi connectivity index (χ3v) is 6.02. The smallest absolute Gasteiger partial charge is 0.218 e. The molecule has 1 aromatic rings. The topological polar surface area (TPSA) is 64.9 Å². The van der Waals surface area contributed by atoms with Gasteiger partial charge in [-0.15, -0.1) is 10.2 Å². The predicted octanol–water partition coefficient (Wildman–Crippen LogP) is 2.57. The van der Waals surface area contributed by atoms with Gasteiger partial charge in [-0.1, -0.05) is 6.92 Å². The first-order chi connectivity index (χ1) is 9.72. The number of rotatable bonds is 4. The molecule has 1 unspecified atom stereocenters. The van der Waals surface area contributed by atoms with Gasteiger partial charge in [-0.2, -0.15) is 0 Å². The summed E-state index contributed by atoms with van der Waals surface area (Å²) < 4.78 is 5.64. The number of nitrogens with zero attached hydrogens (tertiary/aromatic N) is 2. The fourth-order valence-corrected chi connectivity index (χ4v) is 5.52. The maximum atomic E-state index is 6.55. The van der Waals surface area contributed by atoms with Crippen LogP contribution in [0.2, 0.25) is 0 Å². The standard InChI is InChI=1S/C16H25N3O/c1-2-14-18-19-15(20-14)8-13(17)16-11-4-9-3-10(6-11)7-12(16)5-9/h9-13,16H,2-8,17H2,1H3. The van der Waals surface area contributed by atoms with E-state index in [0.717, 1.165) is 48.3 Å². The molecule has 4 aliphatic carbocycles. The van der Waals surface area contributed by atoms with Crippen LogP contribution < -0.4 is 5.73 Å². The van der Waals surface area contributed by atoms with Crippen molar-refractivity contribution in [3.8, 4) is 0 Å². The van der Waals surface area contributed by atoms with Gasteiger partial charge in [0.25, 0.3) is 0 Å². The summed E-state index contributed by atoms with van der Waals surface area (Å²) in [6, 6.07) is 0.204. The molecule has 4 saturated carbocycles. The highest BCUT2D eigenvalue weighted by molar-refractivity contribution is 5.02. The molecule has 2 N–H and O–H groups in total. The largest absolute Gasteiger partial charge is 0.425 e. The van der Waals surface area contributed by atoms with Gasteiger partial charge in [-0.05, 0) is 61.7 Å². The van der Waals surface area contributed by atoms with Crippen LogP contribution in [-0.2, 0) is 12.8 Å². The maximum absolute atomic E-state index is 6.55. The van der Waals surface area contributed by atoms with Crippen molar-refractivity contribution in [1.82, 2.24) is 10.2 Å². The molecule has 5 rings (SSSR count). The molecule has 0 saturated heterocycles. The first-order valence-electron chi connectivity index (χ1n) is 8.29. The van der Waals surface area contributed by atoms with Gasteiger partial charge in [0.05, 0.1) is 0 Å². The summed E-state index contributed by atoms with van der Waals surface area (Å²) in [5.74, 6) is 5.93. The average molecular weight is 275 g/mol. The molecule has 4 fully saturated rings. The Hall–Kier alpha value is -0.900. The van der Waals surface area contributed by atoms with Crippen molar-refractivity contribution in [2.75, 3.05) is 0 Å². The molecular formula is C16H25N3O. The van der Waals surface area contributed by atoms with Gasteiger partial charge >= 0.3 is 0 Å². The molecule has 4 heteroatoms. The third kappa shape index (κ3) is 2.09. The Labute approximate surface area is 120 Å². The summed E-state index contributed by atoms with van der Waals surface area (Å²) in [6.45, 7) is 2.04. The van der Waals surface area contributed by atoms with Gasteiger partial charge in [-0.3, -0.25) is 0 Å². The molecule has 0 aromatic carbocycles. The second kappa shape index (κ2) is 4.83. The zero-order chi connectivity index (χ0) is 13.7. The highest BCUT2D eigenvalue weighted by atomic mass is 16.4. The Kier molecular flexibility index (Phi) is 3.09. The SMILES string of the molecule is CCc1nnc(CC(N)C2C3CC4CC(C3)CC2C4)o1. The molecule has 110 valence electrons. The zero-order valence-corrected chi connectivity index (χ0v) is 12.3. The Morgan fingerprint density at radius 3 is 2.20 bits per heavy atom. The van der Waals surface area contributed by atoms with Crippen LogP contribution in [0.3, 0.4) is 0 Å². The van der Waals surface area contributed by atoms with Crippen molar-refractivity contribution >= 4 is 0 Å². The first kappa shape index (κ1) is 12.8. The molecule has 4 bridgehead atoms. The number of nitrogens with two attached hydrogens (primary N) is 1. The van der Waals surface area contributed by atoms with E-state index < -0.39 is 0 Å². The van der Waals surface area contributed by atoms with Crippen molar-refractivity contribution in [1.29, 1.82) is 0 Å². The van der Waals surface area contributed by atoms with Crippen molar-refractivity contribution in [3.63, 3.8) is 0 Å². The van der Waals surface area contributed by atoms with E-state index in [1.807, 2.05) is 6.92 Å². The fourth-order valence-electron chi connectivity index (χ4n) is 5.52. The minimum atomic E-state index is 0.204. The lowest BCUT2D eigenvalue weighted by molar-refractivity contribution is -0.0471.